The molecule has 1 fully saturated rings. The van der Waals surface area contributed by atoms with Gasteiger partial charge < -0.3 is 24.8 Å². The number of aliphatic hydroxyl groups excluding tert-OH is 1. The number of ketones is 1. The molecule has 1 saturated heterocycles. The van der Waals surface area contributed by atoms with Gasteiger partial charge in [-0.3, -0.25) is 19.2 Å². The molecule has 13 nitrogen and oxygen atoms in total. The maximum atomic E-state index is 13.8. The van der Waals surface area contributed by atoms with E-state index in [1.807, 2.05) is 76.2 Å². The van der Waals surface area contributed by atoms with Crippen molar-refractivity contribution < 1.29 is 32.6 Å². The molecule has 0 spiro atoms. The number of aryl methyl sites for hydroxylation is 1. The van der Waals surface area contributed by atoms with E-state index < -0.39 is 10.0 Å². The summed E-state index contributed by atoms with van der Waals surface area (Å²) in [4.78, 5) is 41.2. The van der Waals surface area contributed by atoms with E-state index in [-0.39, 0.29) is 35.1 Å². The molecule has 14 heteroatoms. The van der Waals surface area contributed by atoms with Crippen LogP contribution in [0.5, 0.6) is 11.5 Å². The van der Waals surface area contributed by atoms with Gasteiger partial charge in [0, 0.05) is 62.7 Å². The van der Waals surface area contributed by atoms with Crippen LogP contribution in [0.4, 0.5) is 11.4 Å². The summed E-state index contributed by atoms with van der Waals surface area (Å²) in [6.45, 7) is 13.5. The van der Waals surface area contributed by atoms with E-state index in [0.717, 1.165) is 84.1 Å². The lowest BCUT2D eigenvalue weighted by molar-refractivity contribution is 0.0945. The maximum absolute atomic E-state index is 13.8. The van der Waals surface area contributed by atoms with Crippen molar-refractivity contribution in [2.45, 2.75) is 52.4 Å². The van der Waals surface area contributed by atoms with Crippen LogP contribution in [0.3, 0.4) is 0 Å². The third kappa shape index (κ3) is 11.0. The number of ether oxygens (including phenoxy) is 2. The number of benzene rings is 4. The number of Topliss-reactive ketones (excluding diaryl/α,β-unsaturated/α-hetero) is 1. The number of hydrogen-bond donors (Lipinski definition) is 3. The number of aromatic nitrogens is 2. The average molecular weight is 837 g/mol. The van der Waals surface area contributed by atoms with E-state index in [2.05, 4.69) is 24.8 Å². The number of carbonyl (C=O) groups is 2. The molecule has 0 bridgehead atoms. The van der Waals surface area contributed by atoms with E-state index in [4.69, 9.17) is 14.5 Å². The fourth-order valence-corrected chi connectivity index (χ4v) is 8.03. The molecule has 0 atom stereocenters. The van der Waals surface area contributed by atoms with Crippen LogP contribution >= 0.6 is 0 Å². The first-order chi connectivity index (χ1) is 28.5. The number of methoxy groups -OCH3 is 2. The quantitative estimate of drug-likeness (QED) is 0.0906. The van der Waals surface area contributed by atoms with Gasteiger partial charge in [0.05, 0.1) is 49.5 Å². The SMILES string of the molecule is COc1cc(Cc2ncc3cc(-c4cc(C(=O)Nc5cc(C(C)(C)C)cc(NS(C)(=O)=O)c5OC)ccc4C)ccc3n2)ccc1C(=O)CCCN1CCN(CCO)CC1. The summed E-state index contributed by atoms with van der Waals surface area (Å²) in [5, 5.41) is 13.0. The highest BCUT2D eigenvalue weighted by Crippen LogP contribution is 2.39. The van der Waals surface area contributed by atoms with E-state index >= 15 is 0 Å². The van der Waals surface area contributed by atoms with Gasteiger partial charge in [-0.1, -0.05) is 39.0 Å². The Bertz CT molecular complexity index is 2480. The van der Waals surface area contributed by atoms with E-state index in [0.29, 0.717) is 47.8 Å². The average Bonchev–Trinajstić information content (AvgIpc) is 3.20. The zero-order valence-corrected chi connectivity index (χ0v) is 36.4. The Morgan fingerprint density at radius 3 is 2.27 bits per heavy atom. The fraction of sp³-hybridized carbons (Fsp3) is 0.391. The molecule has 0 radical (unpaired) electrons. The predicted molar refractivity (Wildman–Crippen MR) is 237 cm³/mol. The lowest BCUT2D eigenvalue weighted by Gasteiger charge is -2.34. The molecule has 1 aliphatic heterocycles. The van der Waals surface area contributed by atoms with Gasteiger partial charge in [0.1, 0.15) is 11.6 Å². The molecular formula is C46H56N6O7S. The predicted octanol–water partition coefficient (Wildman–Crippen LogP) is 6.71. The Balaban J connectivity index is 1.14. The van der Waals surface area contributed by atoms with Crippen LogP contribution in [0, 0.1) is 6.92 Å². The second-order valence-corrected chi connectivity index (χ2v) is 18.2. The van der Waals surface area contributed by atoms with Crippen LogP contribution in [-0.4, -0.2) is 111 Å². The van der Waals surface area contributed by atoms with E-state index in [1.165, 1.54) is 7.11 Å². The zero-order valence-electron chi connectivity index (χ0n) is 35.6. The Morgan fingerprint density at radius 1 is 0.883 bits per heavy atom. The van der Waals surface area contributed by atoms with Crippen molar-refractivity contribution in [3.8, 4) is 22.6 Å². The molecule has 3 N–H and O–H groups in total. The molecule has 2 heterocycles. The third-order valence-corrected chi connectivity index (χ3v) is 11.4. The Hall–Kier alpha value is -5.41. The third-order valence-electron chi connectivity index (χ3n) is 10.8. The molecule has 318 valence electrons. The highest BCUT2D eigenvalue weighted by Gasteiger charge is 2.23. The molecule has 6 rings (SSSR count). The van der Waals surface area contributed by atoms with Gasteiger partial charge in [-0.15, -0.1) is 0 Å². The molecule has 0 unspecified atom stereocenters. The molecule has 0 aliphatic carbocycles. The topological polar surface area (TPSA) is 163 Å². The van der Waals surface area contributed by atoms with Gasteiger partial charge >= 0.3 is 0 Å². The largest absolute Gasteiger partial charge is 0.496 e. The van der Waals surface area contributed by atoms with Crippen molar-refractivity contribution >= 4 is 44.0 Å². The van der Waals surface area contributed by atoms with Crippen molar-refractivity contribution in [3.05, 3.63) is 107 Å². The number of nitrogens with zero attached hydrogens (tertiary/aromatic N) is 4. The molecule has 60 heavy (non-hydrogen) atoms. The van der Waals surface area contributed by atoms with Crippen LogP contribution < -0.4 is 19.5 Å². The highest BCUT2D eigenvalue weighted by molar-refractivity contribution is 7.92. The Labute approximate surface area is 353 Å². The first kappa shape index (κ1) is 44.2. The van der Waals surface area contributed by atoms with E-state index in [1.54, 1.807) is 31.5 Å². The lowest BCUT2D eigenvalue weighted by atomic mass is 9.86. The molecule has 1 aromatic heterocycles. The first-order valence-corrected chi connectivity index (χ1v) is 22.1. The van der Waals surface area contributed by atoms with Crippen molar-refractivity contribution in [3.63, 3.8) is 0 Å². The second kappa shape index (κ2) is 18.9. The number of aliphatic hydroxyl groups is 1. The van der Waals surface area contributed by atoms with Crippen LogP contribution in [-0.2, 0) is 21.9 Å². The van der Waals surface area contributed by atoms with Gasteiger partial charge in [0.25, 0.3) is 5.91 Å². The van der Waals surface area contributed by atoms with Gasteiger partial charge in [0.2, 0.25) is 10.0 Å². The molecule has 1 amide bonds. The number of rotatable bonds is 16. The normalized spacial score (nSPS) is 13.9. The minimum atomic E-state index is -3.63. The van der Waals surface area contributed by atoms with Crippen LogP contribution in [0.15, 0.2) is 72.9 Å². The minimum absolute atomic E-state index is 0.0562. The number of nitrogens with one attached hydrogen (secondary N) is 2. The number of piperazine rings is 1. The molecule has 5 aromatic rings. The highest BCUT2D eigenvalue weighted by atomic mass is 32.2. The van der Waals surface area contributed by atoms with Crippen LogP contribution in [0.1, 0.15) is 76.8 Å². The second-order valence-electron chi connectivity index (χ2n) is 16.4. The van der Waals surface area contributed by atoms with Gasteiger partial charge in [-0.2, -0.15) is 0 Å². The molecule has 0 saturated carbocycles. The number of β-amino-alcohol motifs (C(OH)–C–C–N with tert-alkyl or cyclic N) is 1. The van der Waals surface area contributed by atoms with Gasteiger partial charge in [-0.25, -0.2) is 18.4 Å². The van der Waals surface area contributed by atoms with Gasteiger partial charge in [-0.05, 0) is 102 Å². The summed E-state index contributed by atoms with van der Waals surface area (Å²) in [5.74, 6) is 1.05. The standard InChI is InChI=1S/C46H56N6O7S/c1-30-10-12-33(45(55)49-39-27-35(46(2,3)4)28-40(44(39)59-6)50-60(7,56)57)26-37(30)32-13-15-38-34(25-32)29-47-43(48-38)24-31-11-14-36(42(23-31)58-5)41(54)9-8-16-51-17-19-52(20-18-51)21-22-53/h10-15,23,25-29,50,53H,8-9,16-22,24H2,1-7H3,(H,49,55). The summed E-state index contributed by atoms with van der Waals surface area (Å²) in [5.41, 5.74) is 6.45. The Morgan fingerprint density at radius 2 is 1.60 bits per heavy atom. The fourth-order valence-electron chi connectivity index (χ4n) is 7.48. The monoisotopic (exact) mass is 836 g/mol. The summed E-state index contributed by atoms with van der Waals surface area (Å²) < 4.78 is 38.2. The number of carbonyl (C=O) groups excluding carboxylic acids is 2. The molecule has 4 aromatic carbocycles. The van der Waals surface area contributed by atoms with Crippen molar-refractivity contribution in [2.24, 2.45) is 0 Å². The van der Waals surface area contributed by atoms with Crippen molar-refractivity contribution in [1.29, 1.82) is 0 Å². The van der Waals surface area contributed by atoms with Gasteiger partial charge in [0.15, 0.2) is 11.5 Å². The smallest absolute Gasteiger partial charge is 0.255 e. The number of amides is 1. The zero-order chi connectivity index (χ0) is 43.2. The van der Waals surface area contributed by atoms with Crippen molar-refractivity contribution in [2.75, 3.05) is 76.4 Å². The summed E-state index contributed by atoms with van der Waals surface area (Å²) in [6, 6.07) is 20.6. The molecular weight excluding hydrogens is 781 g/mol. The lowest BCUT2D eigenvalue weighted by Crippen LogP contribution is -2.47. The summed E-state index contributed by atoms with van der Waals surface area (Å²) in [7, 11) is -0.622. The minimum Gasteiger partial charge on any atom is -0.496 e. The molecule has 1 aliphatic rings. The Kier molecular flexibility index (Phi) is 13.9. The van der Waals surface area contributed by atoms with Crippen molar-refractivity contribution in [1.82, 2.24) is 19.8 Å². The van der Waals surface area contributed by atoms with E-state index in [9.17, 15) is 23.1 Å². The number of hydrogen-bond acceptors (Lipinski definition) is 11. The summed E-state index contributed by atoms with van der Waals surface area (Å²) in [6.07, 6.45) is 4.53. The maximum Gasteiger partial charge on any atom is 0.255 e. The van der Waals surface area contributed by atoms with Crippen LogP contribution in [0.25, 0.3) is 22.0 Å². The summed E-state index contributed by atoms with van der Waals surface area (Å²) >= 11 is 0. The van der Waals surface area contributed by atoms with Crippen LogP contribution in [0.2, 0.25) is 0 Å². The number of sulfonamides is 1. The number of anilines is 2. The first-order valence-electron chi connectivity index (χ1n) is 20.2. The number of fused-ring (bicyclic) bond motifs is 1.